The second kappa shape index (κ2) is 5.88. The van der Waals surface area contributed by atoms with Gasteiger partial charge in [0.25, 0.3) is 0 Å². The minimum absolute atomic E-state index is 0.353. The zero-order chi connectivity index (χ0) is 16.7. The molecule has 1 aliphatic rings. The van der Waals surface area contributed by atoms with E-state index in [2.05, 4.69) is 4.90 Å². The summed E-state index contributed by atoms with van der Waals surface area (Å²) in [5.74, 6) is 0. The summed E-state index contributed by atoms with van der Waals surface area (Å²) >= 11 is 1.36. The van der Waals surface area contributed by atoms with Crippen molar-refractivity contribution in [2.75, 3.05) is 24.5 Å². The molecule has 24 heavy (non-hydrogen) atoms. The molecular formula is C18H18N2O2S2. The molecular weight excluding hydrogens is 340 g/mol. The van der Waals surface area contributed by atoms with Crippen LogP contribution in [0.2, 0.25) is 0 Å². The first-order valence-electron chi connectivity index (χ1n) is 7.91. The molecule has 0 fully saturated rings. The molecule has 2 N–H and O–H groups in total. The number of hydrogen-bond acceptors (Lipinski definition) is 5. The molecule has 0 bridgehead atoms. The van der Waals surface area contributed by atoms with Crippen LogP contribution >= 0.6 is 11.3 Å². The summed E-state index contributed by atoms with van der Waals surface area (Å²) in [4.78, 5) is 2.53. The zero-order valence-electron chi connectivity index (χ0n) is 13.1. The molecule has 0 saturated heterocycles. The number of benzene rings is 2. The van der Waals surface area contributed by atoms with Crippen molar-refractivity contribution in [3.05, 3.63) is 54.1 Å². The van der Waals surface area contributed by atoms with E-state index in [-0.39, 0.29) is 0 Å². The molecule has 3 aromatic rings. The molecule has 2 aromatic carbocycles. The van der Waals surface area contributed by atoms with Gasteiger partial charge in [0.2, 0.25) is 9.84 Å². The fourth-order valence-electron chi connectivity index (χ4n) is 3.15. The van der Waals surface area contributed by atoms with E-state index in [1.165, 1.54) is 11.3 Å². The molecule has 1 aliphatic heterocycles. The Kier molecular flexibility index (Phi) is 3.83. The molecule has 0 amide bonds. The lowest BCUT2D eigenvalue weighted by Gasteiger charge is -2.16. The van der Waals surface area contributed by atoms with Crippen molar-refractivity contribution < 1.29 is 8.42 Å². The van der Waals surface area contributed by atoms with Gasteiger partial charge in [-0.25, -0.2) is 8.42 Å². The summed E-state index contributed by atoms with van der Waals surface area (Å²) < 4.78 is 26.5. The van der Waals surface area contributed by atoms with E-state index >= 15 is 0 Å². The van der Waals surface area contributed by atoms with Gasteiger partial charge in [-0.2, -0.15) is 0 Å². The second-order valence-corrected chi connectivity index (χ2v) is 9.14. The summed E-state index contributed by atoms with van der Waals surface area (Å²) in [6.07, 6.45) is 0.888. The first kappa shape index (κ1) is 15.6. The molecule has 124 valence electrons. The van der Waals surface area contributed by atoms with E-state index in [9.17, 15) is 8.42 Å². The van der Waals surface area contributed by atoms with E-state index in [0.717, 1.165) is 40.8 Å². The van der Waals surface area contributed by atoms with Crippen LogP contribution in [0.3, 0.4) is 0 Å². The molecule has 6 heteroatoms. The maximum Gasteiger partial charge on any atom is 0.216 e. The van der Waals surface area contributed by atoms with Gasteiger partial charge in [-0.05, 0) is 41.0 Å². The van der Waals surface area contributed by atoms with Crippen LogP contribution in [0.4, 0.5) is 5.00 Å². The Hall–Kier alpha value is -1.89. The van der Waals surface area contributed by atoms with Crippen molar-refractivity contribution in [3.8, 4) is 0 Å². The van der Waals surface area contributed by atoms with Gasteiger partial charge in [-0.15, -0.1) is 11.3 Å². The average Bonchev–Trinajstić information content (AvgIpc) is 3.17. The van der Waals surface area contributed by atoms with Crippen molar-refractivity contribution in [1.29, 1.82) is 0 Å². The molecule has 1 aromatic heterocycles. The molecule has 2 heterocycles. The highest BCUT2D eigenvalue weighted by Gasteiger charge is 2.27. The van der Waals surface area contributed by atoms with Crippen molar-refractivity contribution in [3.63, 3.8) is 0 Å². The monoisotopic (exact) mass is 358 g/mol. The van der Waals surface area contributed by atoms with E-state index < -0.39 is 9.84 Å². The third kappa shape index (κ3) is 2.51. The quantitative estimate of drug-likeness (QED) is 0.779. The lowest BCUT2D eigenvalue weighted by atomic mass is 10.1. The molecule has 0 spiro atoms. The molecule has 0 atom stereocenters. The Morgan fingerprint density at radius 2 is 1.88 bits per heavy atom. The maximum absolute atomic E-state index is 13.0. The summed E-state index contributed by atoms with van der Waals surface area (Å²) in [5, 5.41) is 3.03. The lowest BCUT2D eigenvalue weighted by molar-refractivity contribution is 0.598. The van der Waals surface area contributed by atoms with Crippen LogP contribution in [-0.4, -0.2) is 28.1 Å². The summed E-state index contributed by atoms with van der Waals surface area (Å²) in [6, 6.07) is 14.9. The Morgan fingerprint density at radius 1 is 1.08 bits per heavy atom. The van der Waals surface area contributed by atoms with E-state index in [1.807, 2.05) is 36.4 Å². The van der Waals surface area contributed by atoms with Gasteiger partial charge in [-0.3, -0.25) is 0 Å². The number of rotatable bonds is 4. The van der Waals surface area contributed by atoms with Crippen LogP contribution < -0.4 is 10.6 Å². The highest BCUT2D eigenvalue weighted by molar-refractivity contribution is 7.93. The molecule has 0 aliphatic carbocycles. The second-order valence-electron chi connectivity index (χ2n) is 5.93. The minimum atomic E-state index is -3.49. The van der Waals surface area contributed by atoms with Gasteiger partial charge in [-0.1, -0.05) is 30.3 Å². The van der Waals surface area contributed by atoms with Crippen LogP contribution in [0.15, 0.2) is 57.6 Å². The van der Waals surface area contributed by atoms with Crippen LogP contribution in [-0.2, 0) is 16.3 Å². The number of nitrogens with two attached hydrogens (primary N) is 1. The number of sulfone groups is 1. The van der Waals surface area contributed by atoms with Gasteiger partial charge < -0.3 is 10.6 Å². The smallest absolute Gasteiger partial charge is 0.216 e. The number of nitrogens with zero attached hydrogens (tertiary/aromatic N) is 1. The molecule has 0 unspecified atom stereocenters. The van der Waals surface area contributed by atoms with Crippen LogP contribution in [0.1, 0.15) is 5.56 Å². The van der Waals surface area contributed by atoms with Crippen molar-refractivity contribution in [2.45, 2.75) is 15.5 Å². The van der Waals surface area contributed by atoms with E-state index in [4.69, 9.17) is 5.73 Å². The largest absolute Gasteiger partial charge is 0.362 e. The van der Waals surface area contributed by atoms with E-state index in [0.29, 0.717) is 15.6 Å². The molecule has 4 rings (SSSR count). The Bertz CT molecular complexity index is 1010. The Balaban J connectivity index is 1.76. The van der Waals surface area contributed by atoms with Crippen molar-refractivity contribution in [1.82, 2.24) is 0 Å². The van der Waals surface area contributed by atoms with Gasteiger partial charge in [0.05, 0.1) is 9.90 Å². The molecule has 0 saturated carbocycles. The lowest BCUT2D eigenvalue weighted by Crippen LogP contribution is -2.26. The summed E-state index contributed by atoms with van der Waals surface area (Å²) in [6.45, 7) is 2.27. The SMILES string of the molecule is NCCN1CCc2cc(S(=O)(=O)c3ccc4ccccc4c3)sc21. The maximum atomic E-state index is 13.0. The van der Waals surface area contributed by atoms with Crippen LogP contribution in [0.25, 0.3) is 10.8 Å². The van der Waals surface area contributed by atoms with Crippen LogP contribution in [0, 0.1) is 0 Å². The van der Waals surface area contributed by atoms with Gasteiger partial charge in [0.15, 0.2) is 0 Å². The van der Waals surface area contributed by atoms with Crippen molar-refractivity contribution >= 4 is 36.9 Å². The predicted molar refractivity (Wildman–Crippen MR) is 98.7 cm³/mol. The summed E-state index contributed by atoms with van der Waals surface area (Å²) in [5.41, 5.74) is 6.77. The average molecular weight is 358 g/mol. The highest BCUT2D eigenvalue weighted by atomic mass is 32.2. The third-order valence-corrected chi connectivity index (χ3v) is 7.86. The Labute approximate surface area is 145 Å². The number of hydrogen-bond donors (Lipinski definition) is 1. The van der Waals surface area contributed by atoms with Gasteiger partial charge >= 0.3 is 0 Å². The van der Waals surface area contributed by atoms with Crippen molar-refractivity contribution in [2.24, 2.45) is 5.73 Å². The Morgan fingerprint density at radius 3 is 2.67 bits per heavy atom. The minimum Gasteiger partial charge on any atom is -0.362 e. The fraction of sp³-hybridized carbons (Fsp3) is 0.222. The third-order valence-electron chi connectivity index (χ3n) is 4.40. The summed E-state index contributed by atoms with van der Waals surface area (Å²) in [7, 11) is -3.49. The fourth-order valence-corrected chi connectivity index (χ4v) is 6.17. The number of anilines is 1. The number of fused-ring (bicyclic) bond motifs is 2. The first-order valence-corrected chi connectivity index (χ1v) is 10.2. The first-order chi connectivity index (χ1) is 11.6. The topological polar surface area (TPSA) is 63.4 Å². The van der Waals surface area contributed by atoms with Gasteiger partial charge in [0, 0.05) is 19.6 Å². The highest BCUT2D eigenvalue weighted by Crippen LogP contribution is 2.40. The normalized spacial score (nSPS) is 14.3. The van der Waals surface area contributed by atoms with Gasteiger partial charge in [0.1, 0.15) is 4.21 Å². The predicted octanol–water partition coefficient (Wildman–Crippen LogP) is 3.06. The number of thiophene rings is 1. The van der Waals surface area contributed by atoms with E-state index in [1.54, 1.807) is 12.1 Å². The molecule has 4 nitrogen and oxygen atoms in total. The molecule has 0 radical (unpaired) electrons. The zero-order valence-corrected chi connectivity index (χ0v) is 14.7. The standard InChI is InChI=1S/C18H18N2O2S2/c19-8-10-20-9-7-15-12-17(23-18(15)20)24(21,22)16-6-5-13-3-1-2-4-14(13)11-16/h1-6,11-12H,7-10,19H2. The van der Waals surface area contributed by atoms with Crippen LogP contribution in [0.5, 0.6) is 0 Å².